The van der Waals surface area contributed by atoms with Crippen molar-refractivity contribution in [3.8, 4) is 0 Å². The summed E-state index contributed by atoms with van der Waals surface area (Å²) in [5.74, 6) is 0. The van der Waals surface area contributed by atoms with Crippen LogP contribution in [0.2, 0.25) is 0 Å². The molecule has 2 rings (SSSR count). The van der Waals surface area contributed by atoms with Crippen molar-refractivity contribution in [2.45, 2.75) is 25.8 Å². The number of hydrogen-bond donors (Lipinski definition) is 1. The first-order chi connectivity index (χ1) is 5.90. The molecule has 64 valence electrons. The summed E-state index contributed by atoms with van der Waals surface area (Å²) in [4.78, 5) is 0. The first-order valence-corrected chi connectivity index (χ1v) is 4.70. The second-order valence-electron chi connectivity index (χ2n) is 3.43. The molecule has 1 N–H and O–H groups in total. The van der Waals surface area contributed by atoms with Gasteiger partial charge in [0.2, 0.25) is 0 Å². The molecule has 0 saturated carbocycles. The predicted octanol–water partition coefficient (Wildman–Crippen LogP) is 1.76. The van der Waals surface area contributed by atoms with Gasteiger partial charge in [0.05, 0.1) is 0 Å². The molecule has 1 atom stereocenters. The van der Waals surface area contributed by atoms with E-state index in [2.05, 4.69) is 36.5 Å². The molecule has 0 bridgehead atoms. The van der Waals surface area contributed by atoms with Crippen LogP contribution >= 0.6 is 0 Å². The van der Waals surface area contributed by atoms with Gasteiger partial charge in [-0.15, -0.1) is 0 Å². The fourth-order valence-corrected chi connectivity index (χ4v) is 1.59. The van der Waals surface area contributed by atoms with E-state index in [4.69, 9.17) is 0 Å². The van der Waals surface area contributed by atoms with Gasteiger partial charge in [0.1, 0.15) is 0 Å². The highest BCUT2D eigenvalue weighted by atomic mass is 15.1. The van der Waals surface area contributed by atoms with Crippen LogP contribution in [0.4, 0.5) is 0 Å². The zero-order valence-electron chi connectivity index (χ0n) is 7.51. The number of hydrogen-bond acceptors (Lipinski definition) is 1. The summed E-state index contributed by atoms with van der Waals surface area (Å²) in [7, 11) is 0. The molecule has 1 heteroatoms. The highest BCUT2D eigenvalue weighted by molar-refractivity contribution is 5.28. The average molecular weight is 161 g/mol. The van der Waals surface area contributed by atoms with Crippen LogP contribution in [0.1, 0.15) is 18.1 Å². The van der Waals surface area contributed by atoms with Crippen molar-refractivity contribution in [2.75, 3.05) is 6.54 Å². The molecule has 1 unspecified atom stereocenters. The highest BCUT2D eigenvalue weighted by Gasteiger charge is 2.20. The van der Waals surface area contributed by atoms with Crippen molar-refractivity contribution < 1.29 is 0 Å². The summed E-state index contributed by atoms with van der Waals surface area (Å²) >= 11 is 0. The third-order valence-electron chi connectivity index (χ3n) is 2.46. The Morgan fingerprint density at radius 2 is 2.00 bits per heavy atom. The van der Waals surface area contributed by atoms with E-state index < -0.39 is 0 Å². The van der Waals surface area contributed by atoms with Gasteiger partial charge in [0.15, 0.2) is 0 Å². The van der Waals surface area contributed by atoms with Crippen LogP contribution in [0.3, 0.4) is 0 Å². The van der Waals surface area contributed by atoms with E-state index in [0.717, 1.165) is 12.5 Å². The standard InChI is InChI=1S/C11H15N/c1-2-9-5-3-4-6-10(9)7-11-8-12-11/h3-6,11-12H,2,7-8H2,1H3. The van der Waals surface area contributed by atoms with Gasteiger partial charge in [0.25, 0.3) is 0 Å². The molecule has 12 heavy (non-hydrogen) atoms. The van der Waals surface area contributed by atoms with Crippen molar-refractivity contribution in [1.29, 1.82) is 0 Å². The summed E-state index contributed by atoms with van der Waals surface area (Å²) in [5, 5.41) is 3.33. The number of benzene rings is 1. The molecule has 1 aromatic rings. The first kappa shape index (κ1) is 7.81. The maximum Gasteiger partial charge on any atom is 0.0233 e. The monoisotopic (exact) mass is 161 g/mol. The normalized spacial score (nSPS) is 20.9. The van der Waals surface area contributed by atoms with E-state index in [1.807, 2.05) is 0 Å². The molecule has 1 aliphatic heterocycles. The van der Waals surface area contributed by atoms with Gasteiger partial charge in [-0.1, -0.05) is 31.2 Å². The predicted molar refractivity (Wildman–Crippen MR) is 51.3 cm³/mol. The lowest BCUT2D eigenvalue weighted by Crippen LogP contribution is -2.00. The molecular formula is C11H15N. The van der Waals surface area contributed by atoms with Gasteiger partial charge < -0.3 is 5.32 Å². The molecule has 1 aliphatic rings. The van der Waals surface area contributed by atoms with Crippen LogP contribution in [-0.4, -0.2) is 12.6 Å². The van der Waals surface area contributed by atoms with E-state index in [1.165, 1.54) is 24.1 Å². The Kier molecular flexibility index (Phi) is 2.13. The van der Waals surface area contributed by atoms with Crippen LogP contribution in [-0.2, 0) is 12.8 Å². The maximum atomic E-state index is 3.33. The topological polar surface area (TPSA) is 21.9 Å². The maximum absolute atomic E-state index is 3.33. The molecule has 1 fully saturated rings. The fourth-order valence-electron chi connectivity index (χ4n) is 1.59. The minimum Gasteiger partial charge on any atom is -0.311 e. The number of nitrogens with one attached hydrogen (secondary N) is 1. The largest absolute Gasteiger partial charge is 0.311 e. The minimum atomic E-state index is 0.762. The van der Waals surface area contributed by atoms with Crippen LogP contribution in [0.25, 0.3) is 0 Å². The zero-order chi connectivity index (χ0) is 8.39. The molecule has 0 amide bonds. The number of rotatable bonds is 3. The minimum absolute atomic E-state index is 0.762. The van der Waals surface area contributed by atoms with Crippen molar-refractivity contribution >= 4 is 0 Å². The Bertz CT molecular complexity index is 263. The molecular weight excluding hydrogens is 146 g/mol. The van der Waals surface area contributed by atoms with E-state index in [1.54, 1.807) is 0 Å². The zero-order valence-corrected chi connectivity index (χ0v) is 7.51. The summed E-state index contributed by atoms with van der Waals surface area (Å²) < 4.78 is 0. The smallest absolute Gasteiger partial charge is 0.0233 e. The molecule has 1 saturated heterocycles. The first-order valence-electron chi connectivity index (χ1n) is 4.70. The quantitative estimate of drug-likeness (QED) is 0.670. The summed E-state index contributed by atoms with van der Waals surface area (Å²) in [6.45, 7) is 3.43. The van der Waals surface area contributed by atoms with E-state index in [-0.39, 0.29) is 0 Å². The van der Waals surface area contributed by atoms with E-state index >= 15 is 0 Å². The fraction of sp³-hybridized carbons (Fsp3) is 0.455. The Labute approximate surface area is 73.8 Å². The van der Waals surface area contributed by atoms with Gasteiger partial charge in [-0.25, -0.2) is 0 Å². The van der Waals surface area contributed by atoms with E-state index in [9.17, 15) is 0 Å². The van der Waals surface area contributed by atoms with Gasteiger partial charge in [-0.05, 0) is 24.0 Å². The van der Waals surface area contributed by atoms with Crippen molar-refractivity contribution in [2.24, 2.45) is 0 Å². The SMILES string of the molecule is CCc1ccccc1CC1CN1. The van der Waals surface area contributed by atoms with Crippen molar-refractivity contribution in [3.63, 3.8) is 0 Å². The Hall–Kier alpha value is -0.820. The van der Waals surface area contributed by atoms with Gasteiger partial charge >= 0.3 is 0 Å². The summed E-state index contributed by atoms with van der Waals surface area (Å²) in [6, 6.07) is 9.51. The second kappa shape index (κ2) is 3.28. The molecule has 1 nitrogen and oxygen atoms in total. The third-order valence-corrected chi connectivity index (χ3v) is 2.46. The third kappa shape index (κ3) is 1.67. The Balaban J connectivity index is 2.15. The Morgan fingerprint density at radius 3 is 2.58 bits per heavy atom. The molecule has 1 aromatic carbocycles. The lowest BCUT2D eigenvalue weighted by molar-refractivity contribution is 0.907. The molecule has 0 spiro atoms. The van der Waals surface area contributed by atoms with Gasteiger partial charge in [-0.2, -0.15) is 0 Å². The van der Waals surface area contributed by atoms with E-state index in [0.29, 0.717) is 0 Å². The van der Waals surface area contributed by atoms with Crippen LogP contribution in [0, 0.1) is 0 Å². The summed E-state index contributed by atoms with van der Waals surface area (Å²) in [6.07, 6.45) is 2.37. The molecule has 0 aromatic heterocycles. The van der Waals surface area contributed by atoms with Gasteiger partial charge in [-0.3, -0.25) is 0 Å². The lowest BCUT2D eigenvalue weighted by Gasteiger charge is -2.04. The van der Waals surface area contributed by atoms with Crippen LogP contribution in [0.5, 0.6) is 0 Å². The Morgan fingerprint density at radius 1 is 1.33 bits per heavy atom. The van der Waals surface area contributed by atoms with Gasteiger partial charge in [0, 0.05) is 12.6 Å². The summed E-state index contributed by atoms with van der Waals surface area (Å²) in [5.41, 5.74) is 3.03. The average Bonchev–Trinajstić information content (AvgIpc) is 2.89. The van der Waals surface area contributed by atoms with Crippen molar-refractivity contribution in [1.82, 2.24) is 5.32 Å². The highest BCUT2D eigenvalue weighted by Crippen LogP contribution is 2.14. The van der Waals surface area contributed by atoms with Crippen molar-refractivity contribution in [3.05, 3.63) is 35.4 Å². The lowest BCUT2D eigenvalue weighted by atomic mass is 10.0. The molecule has 1 heterocycles. The number of aryl methyl sites for hydroxylation is 1. The van der Waals surface area contributed by atoms with Crippen LogP contribution < -0.4 is 5.32 Å². The second-order valence-corrected chi connectivity index (χ2v) is 3.43. The molecule has 0 aliphatic carbocycles. The molecule has 0 radical (unpaired) electrons. The van der Waals surface area contributed by atoms with Crippen LogP contribution in [0.15, 0.2) is 24.3 Å².